The minimum Gasteiger partial charge on any atom is -0.371 e. The Morgan fingerprint density at radius 3 is 2.55 bits per heavy atom. The van der Waals surface area contributed by atoms with Crippen LogP contribution >= 0.6 is 0 Å². The van der Waals surface area contributed by atoms with Crippen molar-refractivity contribution in [2.75, 3.05) is 32.1 Å². The SMILES string of the molecule is CC(C)NCc1ccccc1N(C)C1CCN(C)CC1. The number of nitrogens with zero attached hydrogens (tertiary/aromatic N) is 2. The van der Waals surface area contributed by atoms with Gasteiger partial charge in [-0.05, 0) is 44.6 Å². The number of hydrogen-bond donors (Lipinski definition) is 1. The summed E-state index contributed by atoms with van der Waals surface area (Å²) in [5.74, 6) is 0. The smallest absolute Gasteiger partial charge is 0.0411 e. The quantitative estimate of drug-likeness (QED) is 0.891. The number of hydrogen-bond acceptors (Lipinski definition) is 3. The first-order valence-corrected chi connectivity index (χ1v) is 7.80. The number of rotatable bonds is 5. The predicted molar refractivity (Wildman–Crippen MR) is 87.3 cm³/mol. The van der Waals surface area contributed by atoms with Gasteiger partial charge in [0.1, 0.15) is 0 Å². The molecule has 0 spiro atoms. The number of likely N-dealkylation sites (tertiary alicyclic amines) is 1. The van der Waals surface area contributed by atoms with E-state index in [1.54, 1.807) is 0 Å². The van der Waals surface area contributed by atoms with Crippen LogP contribution in [0.5, 0.6) is 0 Å². The lowest BCUT2D eigenvalue weighted by Crippen LogP contribution is -2.42. The molecule has 0 atom stereocenters. The number of benzene rings is 1. The Kier molecular flexibility index (Phi) is 5.44. The van der Waals surface area contributed by atoms with Crippen molar-refractivity contribution in [2.24, 2.45) is 0 Å². The summed E-state index contributed by atoms with van der Waals surface area (Å²) >= 11 is 0. The minimum absolute atomic E-state index is 0.525. The summed E-state index contributed by atoms with van der Waals surface area (Å²) in [6.45, 7) is 7.76. The molecule has 0 amide bonds. The van der Waals surface area contributed by atoms with E-state index in [4.69, 9.17) is 0 Å². The lowest BCUT2D eigenvalue weighted by Gasteiger charge is -2.37. The average Bonchev–Trinajstić information content (AvgIpc) is 2.45. The van der Waals surface area contributed by atoms with Crippen LogP contribution in [0.4, 0.5) is 5.69 Å². The van der Waals surface area contributed by atoms with Crippen molar-refractivity contribution in [3.8, 4) is 0 Å². The Balaban J connectivity index is 2.06. The Morgan fingerprint density at radius 2 is 1.90 bits per heavy atom. The molecular weight excluding hydrogens is 246 g/mol. The highest BCUT2D eigenvalue weighted by Gasteiger charge is 2.21. The summed E-state index contributed by atoms with van der Waals surface area (Å²) in [5, 5.41) is 3.53. The molecule has 2 rings (SSSR count). The first kappa shape index (κ1) is 15.3. The van der Waals surface area contributed by atoms with E-state index >= 15 is 0 Å². The maximum Gasteiger partial charge on any atom is 0.0411 e. The number of nitrogens with one attached hydrogen (secondary N) is 1. The van der Waals surface area contributed by atoms with Gasteiger partial charge in [-0.25, -0.2) is 0 Å². The van der Waals surface area contributed by atoms with Gasteiger partial charge in [-0.1, -0.05) is 32.0 Å². The lowest BCUT2D eigenvalue weighted by molar-refractivity contribution is 0.252. The van der Waals surface area contributed by atoms with E-state index in [9.17, 15) is 0 Å². The van der Waals surface area contributed by atoms with Gasteiger partial charge in [0.25, 0.3) is 0 Å². The second-order valence-corrected chi connectivity index (χ2v) is 6.31. The second-order valence-electron chi connectivity index (χ2n) is 6.31. The molecule has 0 unspecified atom stereocenters. The summed E-state index contributed by atoms with van der Waals surface area (Å²) in [4.78, 5) is 4.92. The van der Waals surface area contributed by atoms with Gasteiger partial charge in [-0.3, -0.25) is 0 Å². The zero-order valence-corrected chi connectivity index (χ0v) is 13.4. The van der Waals surface area contributed by atoms with Crippen molar-refractivity contribution in [2.45, 2.75) is 45.3 Å². The standard InChI is InChI=1S/C17H29N3/c1-14(2)18-13-15-7-5-6-8-17(15)20(4)16-9-11-19(3)12-10-16/h5-8,14,16,18H,9-13H2,1-4H3. The van der Waals surface area contributed by atoms with Crippen molar-refractivity contribution in [3.05, 3.63) is 29.8 Å². The minimum atomic E-state index is 0.525. The van der Waals surface area contributed by atoms with Crippen LogP contribution < -0.4 is 10.2 Å². The summed E-state index contributed by atoms with van der Waals surface area (Å²) in [5.41, 5.74) is 2.79. The highest BCUT2D eigenvalue weighted by Crippen LogP contribution is 2.25. The van der Waals surface area contributed by atoms with Gasteiger partial charge >= 0.3 is 0 Å². The molecule has 0 aromatic heterocycles. The normalized spacial score (nSPS) is 17.6. The van der Waals surface area contributed by atoms with E-state index < -0.39 is 0 Å². The van der Waals surface area contributed by atoms with Crippen LogP contribution in [0.1, 0.15) is 32.3 Å². The monoisotopic (exact) mass is 275 g/mol. The molecule has 1 saturated heterocycles. The summed E-state index contributed by atoms with van der Waals surface area (Å²) in [7, 11) is 4.47. The Hall–Kier alpha value is -1.06. The molecule has 0 aliphatic carbocycles. The molecule has 0 saturated carbocycles. The molecule has 1 fully saturated rings. The molecule has 1 aliphatic rings. The molecule has 20 heavy (non-hydrogen) atoms. The zero-order chi connectivity index (χ0) is 14.5. The third-order valence-electron chi connectivity index (χ3n) is 4.31. The highest BCUT2D eigenvalue weighted by atomic mass is 15.2. The number of anilines is 1. The fourth-order valence-electron chi connectivity index (χ4n) is 2.90. The van der Waals surface area contributed by atoms with Gasteiger partial charge in [0, 0.05) is 31.4 Å². The zero-order valence-electron chi connectivity index (χ0n) is 13.4. The van der Waals surface area contributed by atoms with Gasteiger partial charge in [-0.15, -0.1) is 0 Å². The molecule has 0 bridgehead atoms. The van der Waals surface area contributed by atoms with E-state index in [2.05, 4.69) is 67.3 Å². The summed E-state index contributed by atoms with van der Waals surface area (Å²) < 4.78 is 0. The van der Waals surface area contributed by atoms with Crippen molar-refractivity contribution in [1.29, 1.82) is 0 Å². The van der Waals surface area contributed by atoms with Gasteiger partial charge in [-0.2, -0.15) is 0 Å². The fraction of sp³-hybridized carbons (Fsp3) is 0.647. The predicted octanol–water partition coefficient (Wildman–Crippen LogP) is 2.72. The molecule has 3 nitrogen and oxygen atoms in total. The van der Waals surface area contributed by atoms with Crippen LogP contribution in [0.15, 0.2) is 24.3 Å². The maximum atomic E-state index is 3.53. The third kappa shape index (κ3) is 3.97. The molecule has 1 aromatic rings. The Labute approximate surface area is 124 Å². The van der Waals surface area contributed by atoms with Crippen LogP contribution in [0, 0.1) is 0 Å². The highest BCUT2D eigenvalue weighted by molar-refractivity contribution is 5.54. The largest absolute Gasteiger partial charge is 0.371 e. The van der Waals surface area contributed by atoms with E-state index in [-0.39, 0.29) is 0 Å². The van der Waals surface area contributed by atoms with Crippen LogP contribution in [0.25, 0.3) is 0 Å². The van der Waals surface area contributed by atoms with Crippen molar-refractivity contribution < 1.29 is 0 Å². The Morgan fingerprint density at radius 1 is 1.25 bits per heavy atom. The molecule has 1 N–H and O–H groups in total. The van der Waals surface area contributed by atoms with E-state index in [0.29, 0.717) is 12.1 Å². The molecule has 3 heteroatoms. The number of para-hydroxylation sites is 1. The van der Waals surface area contributed by atoms with Crippen LogP contribution in [0.3, 0.4) is 0 Å². The molecule has 0 radical (unpaired) electrons. The molecule has 1 aliphatic heterocycles. The van der Waals surface area contributed by atoms with Gasteiger partial charge in [0.2, 0.25) is 0 Å². The molecule has 112 valence electrons. The molecule has 1 aromatic carbocycles. The van der Waals surface area contributed by atoms with Gasteiger partial charge in [0.15, 0.2) is 0 Å². The lowest BCUT2D eigenvalue weighted by atomic mass is 10.0. The third-order valence-corrected chi connectivity index (χ3v) is 4.31. The van der Waals surface area contributed by atoms with Gasteiger partial charge < -0.3 is 15.1 Å². The first-order valence-electron chi connectivity index (χ1n) is 7.80. The van der Waals surface area contributed by atoms with E-state index in [1.165, 1.54) is 37.2 Å². The van der Waals surface area contributed by atoms with Crippen LogP contribution in [-0.2, 0) is 6.54 Å². The van der Waals surface area contributed by atoms with Crippen molar-refractivity contribution in [1.82, 2.24) is 10.2 Å². The van der Waals surface area contributed by atoms with Gasteiger partial charge in [0.05, 0.1) is 0 Å². The molecular formula is C17H29N3. The van der Waals surface area contributed by atoms with E-state index in [0.717, 1.165) is 6.54 Å². The van der Waals surface area contributed by atoms with Crippen molar-refractivity contribution >= 4 is 5.69 Å². The van der Waals surface area contributed by atoms with Crippen molar-refractivity contribution in [3.63, 3.8) is 0 Å². The topological polar surface area (TPSA) is 18.5 Å². The van der Waals surface area contributed by atoms with Crippen LogP contribution in [0.2, 0.25) is 0 Å². The maximum absolute atomic E-state index is 3.53. The second kappa shape index (κ2) is 7.09. The average molecular weight is 275 g/mol. The number of piperidine rings is 1. The summed E-state index contributed by atoms with van der Waals surface area (Å²) in [6.07, 6.45) is 2.53. The van der Waals surface area contributed by atoms with Crippen LogP contribution in [-0.4, -0.2) is 44.2 Å². The Bertz CT molecular complexity index is 408. The molecule has 1 heterocycles. The van der Waals surface area contributed by atoms with E-state index in [1.807, 2.05) is 0 Å². The summed E-state index contributed by atoms with van der Waals surface area (Å²) in [6, 6.07) is 10.00. The first-order chi connectivity index (χ1) is 9.58. The fourth-order valence-corrected chi connectivity index (χ4v) is 2.90.